The number of aryl methyl sites for hydroxylation is 2. The van der Waals surface area contributed by atoms with Crippen molar-refractivity contribution in [2.24, 2.45) is 0 Å². The highest BCUT2D eigenvalue weighted by atomic mass is 32.2. The second kappa shape index (κ2) is 9.59. The van der Waals surface area contributed by atoms with Crippen LogP contribution in [0.25, 0.3) is 6.08 Å². The van der Waals surface area contributed by atoms with Crippen LogP contribution in [0, 0.1) is 17.0 Å². The first-order chi connectivity index (χ1) is 14.4. The first-order valence-corrected chi connectivity index (χ1v) is 10.6. The van der Waals surface area contributed by atoms with E-state index in [-0.39, 0.29) is 15.7 Å². The highest BCUT2D eigenvalue weighted by Gasteiger charge is 2.18. The number of hydrogen-bond acceptors (Lipinski definition) is 7. The Morgan fingerprint density at radius 1 is 1.27 bits per heavy atom. The molecule has 0 fully saturated rings. The summed E-state index contributed by atoms with van der Waals surface area (Å²) in [6, 6.07) is 12.3. The van der Waals surface area contributed by atoms with Crippen molar-refractivity contribution in [3.05, 3.63) is 74.4 Å². The summed E-state index contributed by atoms with van der Waals surface area (Å²) in [6.45, 7) is 3.87. The van der Waals surface area contributed by atoms with E-state index >= 15 is 0 Å². The molecule has 0 aliphatic rings. The Bertz CT molecular complexity index is 1110. The van der Waals surface area contributed by atoms with Gasteiger partial charge in [-0.3, -0.25) is 15.2 Å². The largest absolute Gasteiger partial charge is 0.477 e. The fourth-order valence-electron chi connectivity index (χ4n) is 2.45. The number of nitro groups is 1. The van der Waals surface area contributed by atoms with Gasteiger partial charge in [0.05, 0.1) is 9.82 Å². The maximum absolute atomic E-state index is 11.6. The number of carboxylic acid groups (broad SMARTS) is 1. The molecule has 0 aliphatic carbocycles. The van der Waals surface area contributed by atoms with Crippen LogP contribution in [-0.2, 0) is 11.2 Å². The van der Waals surface area contributed by atoms with Gasteiger partial charge in [0.15, 0.2) is 0 Å². The quantitative estimate of drug-likeness (QED) is 0.217. The van der Waals surface area contributed by atoms with Gasteiger partial charge in [-0.25, -0.2) is 9.78 Å². The van der Waals surface area contributed by atoms with Gasteiger partial charge in [-0.2, -0.15) is 0 Å². The van der Waals surface area contributed by atoms with E-state index in [9.17, 15) is 20.0 Å². The molecule has 0 saturated carbocycles. The second-order valence-corrected chi connectivity index (χ2v) is 8.36. The number of nitrogens with one attached hydrogen (secondary N) is 1. The number of carboxylic acids is 1. The van der Waals surface area contributed by atoms with Crippen LogP contribution in [0.15, 0.2) is 62.3 Å². The summed E-state index contributed by atoms with van der Waals surface area (Å²) < 4.78 is 0. The number of carbonyl (C=O) groups is 1. The molecule has 1 heterocycles. The third kappa shape index (κ3) is 5.49. The van der Waals surface area contributed by atoms with E-state index in [1.54, 1.807) is 12.1 Å². The molecule has 0 aliphatic heterocycles. The standard InChI is InChI=1S/C20H18N4O4S2/c1-3-18-21-20(23-22-18)30-17(19(25)26)11-13-6-9-16(15(10-13)24(27)28)29-14-7-4-12(2)5-8-14/h4-11H,3H2,1-2H3,(H,25,26)(H,21,22,23)/b17-11+. The van der Waals surface area contributed by atoms with E-state index in [2.05, 4.69) is 15.2 Å². The van der Waals surface area contributed by atoms with E-state index in [1.807, 2.05) is 38.1 Å². The van der Waals surface area contributed by atoms with Gasteiger partial charge >= 0.3 is 5.97 Å². The third-order valence-electron chi connectivity index (χ3n) is 3.98. The normalized spacial score (nSPS) is 11.5. The highest BCUT2D eigenvalue weighted by Crippen LogP contribution is 2.36. The third-order valence-corrected chi connectivity index (χ3v) is 5.93. The molecule has 0 atom stereocenters. The van der Waals surface area contributed by atoms with Crippen molar-refractivity contribution in [3.8, 4) is 0 Å². The van der Waals surface area contributed by atoms with Gasteiger partial charge < -0.3 is 5.11 Å². The molecular weight excluding hydrogens is 424 g/mol. The molecule has 3 rings (SSSR count). The van der Waals surface area contributed by atoms with Gasteiger partial charge in [-0.15, -0.1) is 5.10 Å². The minimum Gasteiger partial charge on any atom is -0.477 e. The maximum Gasteiger partial charge on any atom is 0.342 e. The molecule has 0 saturated heterocycles. The van der Waals surface area contributed by atoms with Gasteiger partial charge in [0.1, 0.15) is 10.7 Å². The van der Waals surface area contributed by atoms with Crippen LogP contribution in [0.5, 0.6) is 0 Å². The molecule has 1 aromatic heterocycles. The van der Waals surface area contributed by atoms with Gasteiger partial charge in [-0.1, -0.05) is 42.4 Å². The molecule has 0 radical (unpaired) electrons. The maximum atomic E-state index is 11.6. The van der Waals surface area contributed by atoms with Crippen LogP contribution in [0.3, 0.4) is 0 Å². The first kappa shape index (κ1) is 21.6. The average Bonchev–Trinajstić information content (AvgIpc) is 3.17. The second-order valence-electron chi connectivity index (χ2n) is 6.23. The molecule has 0 amide bonds. The van der Waals surface area contributed by atoms with Gasteiger partial charge in [-0.05, 0) is 48.5 Å². The predicted molar refractivity (Wildman–Crippen MR) is 116 cm³/mol. The molecule has 0 bridgehead atoms. The topological polar surface area (TPSA) is 122 Å². The Hall–Kier alpha value is -3.11. The molecule has 0 unspecified atom stereocenters. The Balaban J connectivity index is 1.90. The Morgan fingerprint density at radius 3 is 2.60 bits per heavy atom. The summed E-state index contributed by atoms with van der Waals surface area (Å²) in [5.41, 5.74) is 1.42. The number of benzene rings is 2. The number of rotatable bonds is 8. The van der Waals surface area contributed by atoms with Gasteiger partial charge in [0.2, 0.25) is 5.16 Å². The Morgan fingerprint density at radius 2 is 2.00 bits per heavy atom. The number of hydrogen-bond donors (Lipinski definition) is 2. The van der Waals surface area contributed by atoms with Crippen molar-refractivity contribution >= 4 is 41.3 Å². The Kier molecular flexibility index (Phi) is 6.91. The van der Waals surface area contributed by atoms with E-state index < -0.39 is 10.9 Å². The van der Waals surface area contributed by atoms with Crippen molar-refractivity contribution in [2.45, 2.75) is 35.2 Å². The van der Waals surface area contributed by atoms with E-state index in [0.717, 1.165) is 22.2 Å². The lowest BCUT2D eigenvalue weighted by molar-refractivity contribution is -0.387. The van der Waals surface area contributed by atoms with Crippen molar-refractivity contribution in [3.63, 3.8) is 0 Å². The molecule has 154 valence electrons. The molecule has 8 nitrogen and oxygen atoms in total. The van der Waals surface area contributed by atoms with Crippen LogP contribution in [0.4, 0.5) is 5.69 Å². The molecule has 2 aromatic carbocycles. The van der Waals surface area contributed by atoms with Crippen molar-refractivity contribution < 1.29 is 14.8 Å². The number of nitrogens with zero attached hydrogens (tertiary/aromatic N) is 3. The summed E-state index contributed by atoms with van der Waals surface area (Å²) in [7, 11) is 0. The van der Waals surface area contributed by atoms with Crippen molar-refractivity contribution in [1.29, 1.82) is 0 Å². The fraction of sp³-hybridized carbons (Fsp3) is 0.150. The molecule has 0 spiro atoms. The van der Waals surface area contributed by atoms with Crippen LogP contribution in [0.2, 0.25) is 0 Å². The smallest absolute Gasteiger partial charge is 0.342 e. The lowest BCUT2D eigenvalue weighted by Crippen LogP contribution is -1.98. The number of nitro benzene ring substituents is 1. The molecule has 2 N–H and O–H groups in total. The van der Waals surface area contributed by atoms with Gasteiger partial charge in [0, 0.05) is 17.4 Å². The number of aromatic amines is 1. The van der Waals surface area contributed by atoms with Gasteiger partial charge in [0.25, 0.3) is 5.69 Å². The molecule has 3 aromatic rings. The SMILES string of the molecule is CCc1nc(S/C(=C/c2ccc(Sc3ccc(C)cc3)c([N+](=O)[O-])c2)C(=O)O)n[nH]1. The number of aromatic nitrogens is 3. The fourth-order valence-corrected chi connectivity index (χ4v) is 4.08. The molecule has 30 heavy (non-hydrogen) atoms. The zero-order chi connectivity index (χ0) is 21.7. The summed E-state index contributed by atoms with van der Waals surface area (Å²) in [4.78, 5) is 28.3. The average molecular weight is 443 g/mol. The number of aliphatic carboxylic acids is 1. The number of H-pyrrole nitrogens is 1. The van der Waals surface area contributed by atoms with E-state index in [0.29, 0.717) is 22.7 Å². The summed E-state index contributed by atoms with van der Waals surface area (Å²) in [6.07, 6.45) is 2.02. The summed E-state index contributed by atoms with van der Waals surface area (Å²) in [5.74, 6) is -0.515. The lowest BCUT2D eigenvalue weighted by Gasteiger charge is -2.05. The predicted octanol–water partition coefficient (Wildman–Crippen LogP) is 4.95. The highest BCUT2D eigenvalue weighted by molar-refractivity contribution is 8.04. The van der Waals surface area contributed by atoms with E-state index in [1.165, 1.54) is 23.9 Å². The zero-order valence-electron chi connectivity index (χ0n) is 16.2. The lowest BCUT2D eigenvalue weighted by atomic mass is 10.2. The van der Waals surface area contributed by atoms with E-state index in [4.69, 9.17) is 0 Å². The summed E-state index contributed by atoms with van der Waals surface area (Å²) >= 11 is 2.17. The minimum atomic E-state index is -1.16. The van der Waals surface area contributed by atoms with Crippen LogP contribution < -0.4 is 0 Å². The molecular formula is C20H18N4O4S2. The zero-order valence-corrected chi connectivity index (χ0v) is 17.8. The van der Waals surface area contributed by atoms with Crippen LogP contribution >= 0.6 is 23.5 Å². The first-order valence-electron chi connectivity index (χ1n) is 8.92. The number of thioether (sulfide) groups is 1. The monoisotopic (exact) mass is 442 g/mol. The van der Waals surface area contributed by atoms with Crippen LogP contribution in [0.1, 0.15) is 23.9 Å². The van der Waals surface area contributed by atoms with Crippen molar-refractivity contribution in [1.82, 2.24) is 15.2 Å². The Labute approximate surface area is 181 Å². The van der Waals surface area contributed by atoms with Crippen LogP contribution in [-0.4, -0.2) is 31.2 Å². The minimum absolute atomic E-state index is 0.0371. The summed E-state index contributed by atoms with van der Waals surface area (Å²) in [5, 5.41) is 28.1. The van der Waals surface area contributed by atoms with Crippen molar-refractivity contribution in [2.75, 3.05) is 0 Å². The molecule has 10 heteroatoms.